The van der Waals surface area contributed by atoms with Gasteiger partial charge >= 0.3 is 6.01 Å². The highest BCUT2D eigenvalue weighted by atomic mass is 127. The molecule has 4 fully saturated rings. The van der Waals surface area contributed by atoms with Crippen LogP contribution in [0.15, 0.2) is 6.07 Å². The summed E-state index contributed by atoms with van der Waals surface area (Å²) in [6.07, 6.45) is 3.87. The monoisotopic (exact) mass is 652 g/mol. The van der Waals surface area contributed by atoms with Gasteiger partial charge in [0.2, 0.25) is 0 Å². The Morgan fingerprint density at radius 3 is 2.85 bits per heavy atom. The minimum Gasteiger partial charge on any atom is -0.461 e. The van der Waals surface area contributed by atoms with Crippen molar-refractivity contribution in [2.75, 3.05) is 43.4 Å². The number of piperazine rings is 1. The molecule has 3 N–H and O–H groups in total. The normalized spacial score (nSPS) is 31.9. The van der Waals surface area contributed by atoms with Crippen LogP contribution < -0.4 is 20.7 Å². The SMILES string of the molecule is Cc1cc(N)c(F)c(C2Cc3nc(OC[C@@]45CCCN4C[C@H](F)C5)nc(N4CC5CCC(C4)N5)c3CO2)c1I. The topological polar surface area (TPSA) is 88.8 Å². The van der Waals surface area contributed by atoms with Crippen molar-refractivity contribution < 1.29 is 18.3 Å². The van der Waals surface area contributed by atoms with Crippen LogP contribution in [0.25, 0.3) is 0 Å². The summed E-state index contributed by atoms with van der Waals surface area (Å²) in [5.41, 5.74) is 9.02. The van der Waals surface area contributed by atoms with Crippen molar-refractivity contribution in [2.45, 2.75) is 82.0 Å². The van der Waals surface area contributed by atoms with Crippen LogP contribution in [-0.2, 0) is 17.8 Å². The van der Waals surface area contributed by atoms with Crippen LogP contribution in [0.4, 0.5) is 20.3 Å². The maximum absolute atomic E-state index is 15.3. The number of fused-ring (bicyclic) bond motifs is 4. The van der Waals surface area contributed by atoms with Crippen molar-refractivity contribution in [3.05, 3.63) is 37.8 Å². The zero-order valence-electron chi connectivity index (χ0n) is 22.2. The summed E-state index contributed by atoms with van der Waals surface area (Å²) in [7, 11) is 0. The number of ether oxygens (including phenoxy) is 2. The van der Waals surface area contributed by atoms with Gasteiger partial charge in [-0.1, -0.05) is 0 Å². The predicted octanol–water partition coefficient (Wildman–Crippen LogP) is 3.82. The molecule has 4 saturated heterocycles. The minimum atomic E-state index is -0.817. The molecule has 5 aliphatic rings. The lowest BCUT2D eigenvalue weighted by Gasteiger charge is -2.37. The second kappa shape index (κ2) is 9.92. The number of nitrogens with zero attached hydrogens (tertiary/aromatic N) is 4. The summed E-state index contributed by atoms with van der Waals surface area (Å²) in [5.74, 6) is 0.423. The van der Waals surface area contributed by atoms with Gasteiger partial charge in [0, 0.05) is 59.3 Å². The fraction of sp³-hybridized carbons (Fsp3) is 0.643. The smallest absolute Gasteiger partial charge is 0.318 e. The molecule has 11 heteroatoms. The third-order valence-corrected chi connectivity index (χ3v) is 10.8. The Morgan fingerprint density at radius 2 is 2.05 bits per heavy atom. The molecular formula is C28H35F2IN6O2. The molecule has 0 spiro atoms. The van der Waals surface area contributed by atoms with Gasteiger partial charge in [0.05, 0.1) is 29.6 Å². The van der Waals surface area contributed by atoms with Gasteiger partial charge in [0.15, 0.2) is 5.82 Å². The van der Waals surface area contributed by atoms with Crippen LogP contribution >= 0.6 is 22.6 Å². The van der Waals surface area contributed by atoms with E-state index in [2.05, 4.69) is 37.7 Å². The lowest BCUT2D eigenvalue weighted by molar-refractivity contribution is 0.0227. The zero-order chi connectivity index (χ0) is 26.9. The number of hydrogen-bond acceptors (Lipinski definition) is 8. The third-order valence-electron chi connectivity index (χ3n) is 9.37. The van der Waals surface area contributed by atoms with Crippen molar-refractivity contribution in [1.29, 1.82) is 0 Å². The van der Waals surface area contributed by atoms with Crippen LogP contribution in [-0.4, -0.2) is 71.4 Å². The molecule has 210 valence electrons. The first-order chi connectivity index (χ1) is 18.8. The fourth-order valence-electron chi connectivity index (χ4n) is 7.47. The van der Waals surface area contributed by atoms with E-state index in [1.807, 2.05) is 6.92 Å². The fourth-order valence-corrected chi connectivity index (χ4v) is 8.21. The van der Waals surface area contributed by atoms with Crippen LogP contribution in [0.3, 0.4) is 0 Å². The summed E-state index contributed by atoms with van der Waals surface area (Å²) < 4.78 is 43.1. The largest absolute Gasteiger partial charge is 0.461 e. The molecule has 2 aromatic rings. The number of anilines is 2. The second-order valence-corrected chi connectivity index (χ2v) is 13.1. The molecule has 8 nitrogen and oxygen atoms in total. The van der Waals surface area contributed by atoms with Gasteiger partial charge in [0.25, 0.3) is 0 Å². The van der Waals surface area contributed by atoms with Crippen molar-refractivity contribution in [3.63, 3.8) is 0 Å². The number of benzene rings is 1. The zero-order valence-corrected chi connectivity index (χ0v) is 24.3. The molecule has 1 aromatic heterocycles. The first-order valence-corrected chi connectivity index (χ1v) is 15.2. The van der Waals surface area contributed by atoms with Crippen LogP contribution in [0.1, 0.15) is 60.6 Å². The van der Waals surface area contributed by atoms with E-state index in [1.54, 1.807) is 6.07 Å². The van der Waals surface area contributed by atoms with Gasteiger partial charge in [-0.15, -0.1) is 0 Å². The van der Waals surface area contributed by atoms with Gasteiger partial charge in [-0.2, -0.15) is 9.97 Å². The van der Waals surface area contributed by atoms with Gasteiger partial charge in [-0.25, -0.2) is 8.78 Å². The van der Waals surface area contributed by atoms with E-state index in [0.29, 0.717) is 56.3 Å². The number of alkyl halides is 1. The molecule has 1 aromatic carbocycles. The second-order valence-electron chi connectivity index (χ2n) is 12.0. The quantitative estimate of drug-likeness (QED) is 0.373. The molecule has 7 rings (SSSR count). The molecule has 6 heterocycles. The predicted molar refractivity (Wildman–Crippen MR) is 152 cm³/mol. The van der Waals surface area contributed by atoms with E-state index in [-0.39, 0.29) is 11.2 Å². The van der Waals surface area contributed by atoms with Crippen LogP contribution in [0.2, 0.25) is 0 Å². The maximum atomic E-state index is 15.3. The van der Waals surface area contributed by atoms with E-state index in [9.17, 15) is 4.39 Å². The first kappa shape index (κ1) is 26.1. The maximum Gasteiger partial charge on any atom is 0.318 e. The van der Waals surface area contributed by atoms with E-state index >= 15 is 4.39 Å². The summed E-state index contributed by atoms with van der Waals surface area (Å²) in [6.45, 7) is 5.72. The standard InChI is InChI=1S/C28H35F2IN6O2/c1-15-7-20(32)24(30)23(25(15)31)22-8-21-19(13-38-22)26(36-11-17-3-4-18(12-36)33-17)35-27(34-21)39-14-28-5-2-6-37(28)10-16(29)9-28/h7,16-18,22,33H,2-6,8-14,32H2,1H3/t16-,17?,18?,22?,28+/m1/s1. The molecule has 0 amide bonds. The number of nitrogens with one attached hydrogen (secondary N) is 1. The molecule has 0 radical (unpaired) electrons. The number of aromatic nitrogens is 2. The molecule has 5 aliphatic heterocycles. The highest BCUT2D eigenvalue weighted by Gasteiger charge is 2.49. The van der Waals surface area contributed by atoms with Crippen LogP contribution in [0.5, 0.6) is 6.01 Å². The molecule has 39 heavy (non-hydrogen) atoms. The van der Waals surface area contributed by atoms with Crippen molar-refractivity contribution in [1.82, 2.24) is 20.2 Å². The Hall–Kier alpha value is -1.83. The van der Waals surface area contributed by atoms with E-state index < -0.39 is 18.1 Å². The lowest BCUT2D eigenvalue weighted by atomic mass is 9.95. The number of rotatable bonds is 5. The summed E-state index contributed by atoms with van der Waals surface area (Å²) >= 11 is 2.18. The Bertz CT molecular complexity index is 1260. The van der Waals surface area contributed by atoms with Gasteiger partial charge in [0.1, 0.15) is 18.6 Å². The van der Waals surface area contributed by atoms with E-state index in [4.69, 9.17) is 25.2 Å². The molecule has 0 saturated carbocycles. The van der Waals surface area contributed by atoms with E-state index in [1.165, 1.54) is 0 Å². The summed E-state index contributed by atoms with van der Waals surface area (Å²) in [5, 5.41) is 3.68. The Labute approximate surface area is 241 Å². The van der Waals surface area contributed by atoms with Gasteiger partial charge in [-0.3, -0.25) is 4.90 Å². The molecule has 3 unspecified atom stereocenters. The highest BCUT2D eigenvalue weighted by molar-refractivity contribution is 14.1. The Kier molecular flexibility index (Phi) is 6.63. The number of aryl methyl sites for hydroxylation is 1. The number of nitrogens with two attached hydrogens (primary N) is 1. The molecule has 0 aliphatic carbocycles. The van der Waals surface area contributed by atoms with Crippen molar-refractivity contribution >= 4 is 34.1 Å². The Morgan fingerprint density at radius 1 is 1.26 bits per heavy atom. The number of halogens is 3. The van der Waals surface area contributed by atoms with Crippen molar-refractivity contribution in [3.8, 4) is 6.01 Å². The molecule has 5 atom stereocenters. The highest BCUT2D eigenvalue weighted by Crippen LogP contribution is 2.42. The lowest BCUT2D eigenvalue weighted by Crippen LogP contribution is -2.52. The number of hydrogen-bond donors (Lipinski definition) is 2. The minimum absolute atomic E-state index is 0.129. The van der Waals surface area contributed by atoms with Gasteiger partial charge in [-0.05, 0) is 73.4 Å². The van der Waals surface area contributed by atoms with E-state index in [0.717, 1.165) is 71.5 Å². The first-order valence-electron chi connectivity index (χ1n) is 14.1. The molecule has 2 bridgehead atoms. The number of nitrogen functional groups attached to an aromatic ring is 1. The van der Waals surface area contributed by atoms with Gasteiger partial charge < -0.3 is 25.4 Å². The summed E-state index contributed by atoms with van der Waals surface area (Å²) in [6, 6.07) is 2.86. The average Bonchev–Trinajstić information content (AvgIpc) is 3.56. The van der Waals surface area contributed by atoms with Crippen LogP contribution in [0, 0.1) is 16.3 Å². The van der Waals surface area contributed by atoms with Crippen molar-refractivity contribution in [2.24, 2.45) is 0 Å². The average molecular weight is 653 g/mol. The summed E-state index contributed by atoms with van der Waals surface area (Å²) in [4.78, 5) is 14.4. The third kappa shape index (κ3) is 4.57. The Balaban J connectivity index is 1.23. The molecular weight excluding hydrogens is 617 g/mol.